The molecule has 1 atom stereocenters. The number of rotatable bonds is 7. The van der Waals surface area contributed by atoms with Gasteiger partial charge in [0.15, 0.2) is 5.69 Å². The fraction of sp³-hybridized carbons (Fsp3) is 0.333. The van der Waals surface area contributed by atoms with Crippen LogP contribution in [-0.4, -0.2) is 43.8 Å². The molecule has 3 aromatic rings. The SMILES string of the molecule is CC1(C(=O)NCc2ccccc2)Cn2cnc(C(=O)NCc3ccco3)c2C(=O)N1C1CC1. The average molecular weight is 447 g/mol. The molecule has 0 saturated heterocycles. The Balaban J connectivity index is 1.38. The van der Waals surface area contributed by atoms with Crippen LogP contribution in [0.2, 0.25) is 0 Å². The summed E-state index contributed by atoms with van der Waals surface area (Å²) in [6.07, 6.45) is 4.66. The predicted molar refractivity (Wildman–Crippen MR) is 118 cm³/mol. The van der Waals surface area contributed by atoms with Crippen LogP contribution in [0.3, 0.4) is 0 Å². The highest BCUT2D eigenvalue weighted by atomic mass is 16.3. The van der Waals surface area contributed by atoms with Gasteiger partial charge in [0.25, 0.3) is 11.8 Å². The van der Waals surface area contributed by atoms with Gasteiger partial charge in [0.1, 0.15) is 17.0 Å². The first-order valence-electron chi connectivity index (χ1n) is 11.0. The minimum atomic E-state index is -1.08. The van der Waals surface area contributed by atoms with E-state index >= 15 is 0 Å². The van der Waals surface area contributed by atoms with Gasteiger partial charge < -0.3 is 24.5 Å². The number of imidazole rings is 1. The van der Waals surface area contributed by atoms with E-state index in [2.05, 4.69) is 15.6 Å². The van der Waals surface area contributed by atoms with Gasteiger partial charge in [-0.25, -0.2) is 4.98 Å². The number of carbonyl (C=O) groups is 3. The van der Waals surface area contributed by atoms with Crippen LogP contribution in [0.5, 0.6) is 0 Å². The third kappa shape index (κ3) is 3.90. The first-order valence-corrected chi connectivity index (χ1v) is 11.0. The Morgan fingerprint density at radius 2 is 1.91 bits per heavy atom. The van der Waals surface area contributed by atoms with Gasteiger partial charge >= 0.3 is 0 Å². The van der Waals surface area contributed by atoms with Crippen molar-refractivity contribution in [1.82, 2.24) is 25.1 Å². The Labute approximate surface area is 190 Å². The third-order valence-corrected chi connectivity index (χ3v) is 6.18. The minimum Gasteiger partial charge on any atom is -0.467 e. The number of hydrogen-bond donors (Lipinski definition) is 2. The summed E-state index contributed by atoms with van der Waals surface area (Å²) in [6, 6.07) is 13.1. The molecule has 3 amide bonds. The Morgan fingerprint density at radius 1 is 1.12 bits per heavy atom. The lowest BCUT2D eigenvalue weighted by atomic mass is 9.93. The topological polar surface area (TPSA) is 109 Å². The molecule has 170 valence electrons. The molecule has 9 nitrogen and oxygen atoms in total. The maximum atomic E-state index is 13.6. The van der Waals surface area contributed by atoms with E-state index in [0.717, 1.165) is 18.4 Å². The van der Waals surface area contributed by atoms with E-state index in [1.165, 1.54) is 12.6 Å². The van der Waals surface area contributed by atoms with Gasteiger partial charge in [0, 0.05) is 12.6 Å². The summed E-state index contributed by atoms with van der Waals surface area (Å²) in [5.41, 5.74) is 0.173. The maximum absolute atomic E-state index is 13.6. The van der Waals surface area contributed by atoms with Crippen LogP contribution in [-0.2, 0) is 24.4 Å². The highest BCUT2D eigenvalue weighted by molar-refractivity contribution is 6.07. The van der Waals surface area contributed by atoms with E-state index in [9.17, 15) is 14.4 Å². The molecule has 2 aliphatic rings. The molecule has 9 heteroatoms. The molecule has 3 heterocycles. The second-order valence-corrected chi connectivity index (χ2v) is 8.68. The quantitative estimate of drug-likeness (QED) is 0.577. The Bertz CT molecular complexity index is 1180. The van der Waals surface area contributed by atoms with Crippen molar-refractivity contribution in [2.75, 3.05) is 0 Å². The van der Waals surface area contributed by atoms with Crippen molar-refractivity contribution in [3.63, 3.8) is 0 Å². The van der Waals surface area contributed by atoms with Gasteiger partial charge in [-0.3, -0.25) is 14.4 Å². The van der Waals surface area contributed by atoms with Crippen molar-refractivity contribution in [3.05, 3.63) is 77.8 Å². The van der Waals surface area contributed by atoms with Crippen molar-refractivity contribution in [3.8, 4) is 0 Å². The molecule has 1 saturated carbocycles. The summed E-state index contributed by atoms with van der Waals surface area (Å²) in [4.78, 5) is 45.6. The highest BCUT2D eigenvalue weighted by Crippen LogP contribution is 2.38. The fourth-order valence-electron chi connectivity index (χ4n) is 4.35. The number of fused-ring (bicyclic) bond motifs is 1. The molecule has 33 heavy (non-hydrogen) atoms. The molecular weight excluding hydrogens is 422 g/mol. The summed E-state index contributed by atoms with van der Waals surface area (Å²) < 4.78 is 6.86. The first kappa shape index (κ1) is 21.0. The summed E-state index contributed by atoms with van der Waals surface area (Å²) >= 11 is 0. The molecule has 2 N–H and O–H groups in total. The molecule has 1 fully saturated rings. The number of hydrogen-bond acceptors (Lipinski definition) is 5. The van der Waals surface area contributed by atoms with Crippen molar-refractivity contribution in [2.45, 2.75) is 51.0 Å². The van der Waals surface area contributed by atoms with Crippen LogP contribution in [0.4, 0.5) is 0 Å². The van der Waals surface area contributed by atoms with E-state index in [4.69, 9.17) is 4.42 Å². The van der Waals surface area contributed by atoms with Gasteiger partial charge in [-0.1, -0.05) is 30.3 Å². The third-order valence-electron chi connectivity index (χ3n) is 6.18. The van der Waals surface area contributed by atoms with Crippen LogP contribution in [0.25, 0.3) is 0 Å². The number of furan rings is 1. The number of nitrogens with one attached hydrogen (secondary N) is 2. The number of carbonyl (C=O) groups excluding carboxylic acids is 3. The molecule has 1 unspecified atom stereocenters. The summed E-state index contributed by atoms with van der Waals surface area (Å²) in [5.74, 6) is -0.428. The predicted octanol–water partition coefficient (Wildman–Crippen LogP) is 2.10. The fourth-order valence-corrected chi connectivity index (χ4v) is 4.35. The van der Waals surface area contributed by atoms with E-state index in [0.29, 0.717) is 12.3 Å². The zero-order valence-corrected chi connectivity index (χ0v) is 18.3. The normalized spacial score (nSPS) is 19.8. The highest BCUT2D eigenvalue weighted by Gasteiger charge is 2.53. The molecule has 5 rings (SSSR count). The Kier molecular flexibility index (Phi) is 5.24. The number of nitrogens with zero attached hydrogens (tertiary/aromatic N) is 3. The molecule has 1 aliphatic carbocycles. The van der Waals surface area contributed by atoms with Gasteiger partial charge in [-0.05, 0) is 37.5 Å². The standard InChI is InChI=1S/C24H25N5O4/c1-24(23(32)26-12-16-6-3-2-4-7-16)14-28-15-27-19(20(28)22(31)29(24)17-9-10-17)21(30)25-13-18-8-5-11-33-18/h2-8,11,15,17H,9-10,12-14H2,1H3,(H,25,30)(H,26,32). The van der Waals surface area contributed by atoms with Crippen LogP contribution < -0.4 is 10.6 Å². The molecule has 0 spiro atoms. The van der Waals surface area contributed by atoms with Crippen molar-refractivity contribution < 1.29 is 18.8 Å². The maximum Gasteiger partial charge on any atom is 0.274 e. The lowest BCUT2D eigenvalue weighted by Gasteiger charge is -2.44. The van der Waals surface area contributed by atoms with Crippen LogP contribution >= 0.6 is 0 Å². The monoisotopic (exact) mass is 447 g/mol. The average Bonchev–Trinajstić information content (AvgIpc) is 3.32. The van der Waals surface area contributed by atoms with E-state index in [-0.39, 0.29) is 42.3 Å². The van der Waals surface area contributed by atoms with E-state index in [1.54, 1.807) is 28.5 Å². The summed E-state index contributed by atoms with van der Waals surface area (Å²) in [7, 11) is 0. The molecule has 0 radical (unpaired) electrons. The van der Waals surface area contributed by atoms with Gasteiger partial charge in [-0.15, -0.1) is 0 Å². The molecular formula is C24H25N5O4. The van der Waals surface area contributed by atoms with Gasteiger partial charge in [0.05, 0.1) is 25.7 Å². The number of benzene rings is 1. The van der Waals surface area contributed by atoms with Crippen molar-refractivity contribution in [2.24, 2.45) is 0 Å². The summed E-state index contributed by atoms with van der Waals surface area (Å²) in [6.45, 7) is 2.57. The lowest BCUT2D eigenvalue weighted by Crippen LogP contribution is -2.64. The molecule has 1 aliphatic heterocycles. The number of amides is 3. The molecule has 1 aromatic carbocycles. The lowest BCUT2D eigenvalue weighted by molar-refractivity contribution is -0.133. The second kappa shape index (κ2) is 8.23. The van der Waals surface area contributed by atoms with Crippen LogP contribution in [0.15, 0.2) is 59.5 Å². The minimum absolute atomic E-state index is 0.0207. The van der Waals surface area contributed by atoms with Gasteiger partial charge in [-0.2, -0.15) is 0 Å². The molecule has 0 bridgehead atoms. The zero-order valence-electron chi connectivity index (χ0n) is 18.3. The number of aromatic nitrogens is 2. The van der Waals surface area contributed by atoms with E-state index < -0.39 is 11.4 Å². The largest absolute Gasteiger partial charge is 0.467 e. The van der Waals surface area contributed by atoms with Crippen LogP contribution in [0, 0.1) is 0 Å². The smallest absolute Gasteiger partial charge is 0.274 e. The summed E-state index contributed by atoms with van der Waals surface area (Å²) in [5, 5.41) is 5.72. The van der Waals surface area contributed by atoms with E-state index in [1.807, 2.05) is 30.3 Å². The zero-order chi connectivity index (χ0) is 23.0. The molecule has 2 aromatic heterocycles. The first-order chi connectivity index (χ1) is 16.0. The Hall–Kier alpha value is -3.88. The van der Waals surface area contributed by atoms with Crippen molar-refractivity contribution >= 4 is 17.7 Å². The van der Waals surface area contributed by atoms with Gasteiger partial charge in [0.2, 0.25) is 5.91 Å². The Morgan fingerprint density at radius 3 is 2.61 bits per heavy atom. The second-order valence-electron chi connectivity index (χ2n) is 8.68. The van der Waals surface area contributed by atoms with Crippen LogP contribution in [0.1, 0.15) is 52.1 Å². The van der Waals surface area contributed by atoms with Crippen molar-refractivity contribution in [1.29, 1.82) is 0 Å².